The van der Waals surface area contributed by atoms with Crippen molar-refractivity contribution in [2.75, 3.05) is 9.71 Å². The standard InChI is InChI=1S/C66H59BN2O2S/c1-63(2,3)40-21-25-42(26-22-40)68-53-35-47-44-18-14-15-19-54(44)71-61(47)58-48-33-45-46-34-50-51(66(9,10)31-30-65(50,7)8)36-55(46)70-56(45)37-52(48)69(43-27-23-41(24-28-43)64(4,5)6)67(59(53)58)62-60(68)49-32-39(20-29-57(49)72-62)38-16-12-11-13-17-38/h11-29,32-37H,30-31H2,1-10H3. The average Bonchev–Trinajstić information content (AvgIpc) is 4.05. The highest BCUT2D eigenvalue weighted by atomic mass is 32.1. The van der Waals surface area contributed by atoms with E-state index in [1.807, 2.05) is 11.3 Å². The van der Waals surface area contributed by atoms with Gasteiger partial charge in [0.1, 0.15) is 22.3 Å². The Morgan fingerprint density at radius 3 is 1.83 bits per heavy atom. The maximum absolute atomic E-state index is 7.23. The Kier molecular flexibility index (Phi) is 8.99. The summed E-state index contributed by atoms with van der Waals surface area (Å²) < 4.78 is 16.9. The van der Waals surface area contributed by atoms with Crippen LogP contribution in [0.25, 0.3) is 76.2 Å². The number of furan rings is 2. The summed E-state index contributed by atoms with van der Waals surface area (Å²) in [4.78, 5) is 5.23. The Bertz CT molecular complexity index is 4060. The molecule has 0 amide bonds. The predicted octanol–water partition coefficient (Wildman–Crippen LogP) is 18.0. The van der Waals surface area contributed by atoms with E-state index in [0.717, 1.165) is 79.5 Å². The van der Waals surface area contributed by atoms with Gasteiger partial charge in [-0.2, -0.15) is 0 Å². The fraction of sp³-hybridized carbons (Fsp3) is 0.242. The van der Waals surface area contributed by atoms with Crippen LogP contribution in [0.2, 0.25) is 0 Å². The van der Waals surface area contributed by atoms with Crippen LogP contribution in [-0.2, 0) is 21.7 Å². The molecule has 4 nitrogen and oxygen atoms in total. The van der Waals surface area contributed by atoms with Gasteiger partial charge in [0, 0.05) is 76.4 Å². The van der Waals surface area contributed by atoms with E-state index in [1.165, 1.54) is 70.5 Å². The molecular weight excluding hydrogens is 896 g/mol. The molecule has 0 saturated carbocycles. The van der Waals surface area contributed by atoms with Gasteiger partial charge in [0.05, 0.1) is 5.69 Å². The molecule has 0 radical (unpaired) electrons. The van der Waals surface area contributed by atoms with Gasteiger partial charge in [-0.05, 0) is 140 Å². The van der Waals surface area contributed by atoms with Crippen molar-refractivity contribution in [3.63, 3.8) is 0 Å². The fourth-order valence-electron chi connectivity index (χ4n) is 12.6. The first-order chi connectivity index (χ1) is 34.4. The Morgan fingerprint density at radius 2 is 1.14 bits per heavy atom. The smallest absolute Gasteiger partial charge is 0.343 e. The van der Waals surface area contributed by atoms with Crippen LogP contribution in [0.4, 0.5) is 28.4 Å². The summed E-state index contributed by atoms with van der Waals surface area (Å²) in [6.07, 6.45) is 2.30. The average molecular weight is 955 g/mol. The molecule has 0 fully saturated rings. The zero-order valence-electron chi connectivity index (χ0n) is 43.0. The van der Waals surface area contributed by atoms with Crippen molar-refractivity contribution < 1.29 is 8.83 Å². The topological polar surface area (TPSA) is 32.8 Å². The zero-order chi connectivity index (χ0) is 49.4. The number of para-hydroxylation sites is 1. The van der Waals surface area contributed by atoms with E-state index in [2.05, 4.69) is 231 Å². The van der Waals surface area contributed by atoms with Crippen molar-refractivity contribution in [1.82, 2.24) is 0 Å². The number of rotatable bonds is 3. The Hall–Kier alpha value is -7.02. The first kappa shape index (κ1) is 43.7. The van der Waals surface area contributed by atoms with Crippen LogP contribution in [0, 0.1) is 0 Å². The number of hydrogen-bond acceptors (Lipinski definition) is 5. The van der Waals surface area contributed by atoms with Gasteiger partial charge in [0.15, 0.2) is 0 Å². The van der Waals surface area contributed by atoms with Crippen molar-refractivity contribution in [1.29, 1.82) is 0 Å². The second kappa shape index (κ2) is 14.8. The molecule has 2 aliphatic heterocycles. The molecule has 6 heteroatoms. The normalized spacial score (nSPS) is 15.9. The molecular formula is C66H59BN2O2S. The van der Waals surface area contributed by atoms with Crippen molar-refractivity contribution in [2.24, 2.45) is 0 Å². The third-order valence-electron chi connectivity index (χ3n) is 16.8. The summed E-state index contributed by atoms with van der Waals surface area (Å²) in [6.45, 7) is 23.2. The van der Waals surface area contributed by atoms with E-state index < -0.39 is 0 Å². The lowest BCUT2D eigenvalue weighted by Crippen LogP contribution is -2.60. The Balaban J connectivity index is 1.14. The summed E-state index contributed by atoms with van der Waals surface area (Å²) in [6, 6.07) is 57.4. The van der Waals surface area contributed by atoms with Crippen LogP contribution < -0.4 is 20.0 Å². The summed E-state index contributed by atoms with van der Waals surface area (Å²) in [5.74, 6) is 0. The quantitative estimate of drug-likeness (QED) is 0.165. The molecule has 3 aliphatic rings. The summed E-state index contributed by atoms with van der Waals surface area (Å²) in [5.41, 5.74) is 21.0. The molecule has 1 aliphatic carbocycles. The van der Waals surface area contributed by atoms with Crippen LogP contribution in [0.15, 0.2) is 160 Å². The van der Waals surface area contributed by atoms with E-state index >= 15 is 0 Å². The Labute approximate surface area is 427 Å². The van der Waals surface area contributed by atoms with Gasteiger partial charge >= 0.3 is 6.85 Å². The molecule has 0 N–H and O–H groups in total. The zero-order valence-corrected chi connectivity index (χ0v) is 43.9. The number of nitrogens with zero attached hydrogens (tertiary/aromatic N) is 2. The SMILES string of the molecule is CC(C)(C)c1ccc(N2B3c4sc5ccc(-c6ccccc6)cc5c4N(c4ccc(C(C)(C)C)cc4)c4cc5c(oc6ccccc65)c(c43)-c3cc4c(cc32)oc2cc3c(cc24)C(C)(C)CCC3(C)C)cc1. The van der Waals surface area contributed by atoms with Crippen molar-refractivity contribution >= 4 is 111 Å². The molecule has 11 aromatic rings. The molecule has 0 saturated heterocycles. The van der Waals surface area contributed by atoms with Crippen LogP contribution in [0.5, 0.6) is 0 Å². The lowest BCUT2D eigenvalue weighted by Gasteiger charge is -2.44. The minimum absolute atomic E-state index is 0.00325. The van der Waals surface area contributed by atoms with Gasteiger partial charge in [-0.15, -0.1) is 11.3 Å². The summed E-state index contributed by atoms with van der Waals surface area (Å²) in [7, 11) is 0. The molecule has 0 atom stereocenters. The van der Waals surface area contributed by atoms with E-state index in [9.17, 15) is 0 Å². The number of fused-ring (bicyclic) bond motifs is 14. The molecule has 354 valence electrons. The monoisotopic (exact) mass is 954 g/mol. The third kappa shape index (κ3) is 6.30. The third-order valence-corrected chi connectivity index (χ3v) is 18.0. The number of hydrogen-bond donors (Lipinski definition) is 0. The minimum atomic E-state index is -0.200. The maximum atomic E-state index is 7.23. The van der Waals surface area contributed by atoms with Crippen LogP contribution in [-0.4, -0.2) is 6.85 Å². The first-order valence-electron chi connectivity index (χ1n) is 25.9. The van der Waals surface area contributed by atoms with Crippen LogP contribution in [0.1, 0.15) is 104 Å². The maximum Gasteiger partial charge on any atom is 0.343 e. The molecule has 3 aromatic heterocycles. The van der Waals surface area contributed by atoms with Gasteiger partial charge in [-0.3, -0.25) is 0 Å². The van der Waals surface area contributed by atoms with Crippen molar-refractivity contribution in [3.8, 4) is 22.3 Å². The van der Waals surface area contributed by atoms with Gasteiger partial charge < -0.3 is 18.5 Å². The highest BCUT2D eigenvalue weighted by Gasteiger charge is 2.49. The van der Waals surface area contributed by atoms with Crippen molar-refractivity contribution in [3.05, 3.63) is 174 Å². The second-order valence-corrected chi connectivity index (χ2v) is 25.5. The molecule has 0 spiro atoms. The van der Waals surface area contributed by atoms with E-state index in [4.69, 9.17) is 8.83 Å². The molecule has 8 aromatic carbocycles. The lowest BCUT2D eigenvalue weighted by atomic mass is 9.46. The largest absolute Gasteiger partial charge is 0.456 e. The fourth-order valence-corrected chi connectivity index (χ4v) is 13.9. The molecule has 0 bridgehead atoms. The number of benzene rings is 8. The van der Waals surface area contributed by atoms with Gasteiger partial charge in [-0.25, -0.2) is 0 Å². The number of thiophene rings is 1. The van der Waals surface area contributed by atoms with Crippen LogP contribution >= 0.6 is 11.3 Å². The van der Waals surface area contributed by atoms with Gasteiger partial charge in [-0.1, -0.05) is 148 Å². The summed E-state index contributed by atoms with van der Waals surface area (Å²) >= 11 is 1.92. The highest BCUT2D eigenvalue weighted by Crippen LogP contribution is 2.55. The minimum Gasteiger partial charge on any atom is -0.456 e. The molecule has 0 unspecified atom stereocenters. The molecule has 14 rings (SSSR count). The second-order valence-electron chi connectivity index (χ2n) is 24.4. The number of anilines is 5. The van der Waals surface area contributed by atoms with Crippen molar-refractivity contribution in [2.45, 2.75) is 104 Å². The van der Waals surface area contributed by atoms with Crippen LogP contribution in [0.3, 0.4) is 0 Å². The molecule has 72 heavy (non-hydrogen) atoms. The summed E-state index contributed by atoms with van der Waals surface area (Å²) in [5, 5.41) is 5.79. The van der Waals surface area contributed by atoms with Gasteiger partial charge in [0.2, 0.25) is 0 Å². The highest BCUT2D eigenvalue weighted by molar-refractivity contribution is 7.32. The van der Waals surface area contributed by atoms with E-state index in [-0.39, 0.29) is 28.5 Å². The predicted molar refractivity (Wildman–Crippen MR) is 308 cm³/mol. The van der Waals surface area contributed by atoms with E-state index in [1.54, 1.807) is 0 Å². The van der Waals surface area contributed by atoms with E-state index in [0.29, 0.717) is 0 Å². The lowest BCUT2D eigenvalue weighted by molar-refractivity contribution is 0.332. The Morgan fingerprint density at radius 1 is 0.514 bits per heavy atom. The molecule has 5 heterocycles. The van der Waals surface area contributed by atoms with Gasteiger partial charge in [0.25, 0.3) is 0 Å². The first-order valence-corrected chi connectivity index (χ1v) is 26.7.